The summed E-state index contributed by atoms with van der Waals surface area (Å²) in [5, 5.41) is 2.98. The van der Waals surface area contributed by atoms with E-state index in [1.54, 1.807) is 0 Å². The number of piperidine rings is 1. The highest BCUT2D eigenvalue weighted by Crippen LogP contribution is 2.32. The molecule has 2 rings (SSSR count). The summed E-state index contributed by atoms with van der Waals surface area (Å²) in [5.41, 5.74) is 5.30. The van der Waals surface area contributed by atoms with Crippen molar-refractivity contribution in [1.29, 1.82) is 0 Å². The minimum Gasteiger partial charge on any atom is -0.353 e. The molecular weight excluding hydrogens is 202 g/mol. The van der Waals surface area contributed by atoms with Gasteiger partial charge in [-0.25, -0.2) is 0 Å². The molecule has 0 aromatic heterocycles. The second-order valence-corrected chi connectivity index (χ2v) is 5.31. The Balaban J connectivity index is 1.70. The molecule has 1 amide bonds. The van der Waals surface area contributed by atoms with Crippen LogP contribution in [0.25, 0.3) is 0 Å². The first-order chi connectivity index (χ1) is 7.62. The number of nitrogens with one attached hydrogen (secondary N) is 1. The van der Waals surface area contributed by atoms with Crippen molar-refractivity contribution < 1.29 is 4.79 Å². The molecule has 1 unspecified atom stereocenters. The maximum atomic E-state index is 11.7. The van der Waals surface area contributed by atoms with Gasteiger partial charge in [-0.3, -0.25) is 9.69 Å². The van der Waals surface area contributed by atoms with Gasteiger partial charge in [-0.05, 0) is 45.7 Å². The minimum absolute atomic E-state index is 0.0383. The molecule has 1 saturated heterocycles. The van der Waals surface area contributed by atoms with Crippen molar-refractivity contribution in [3.8, 4) is 0 Å². The van der Waals surface area contributed by atoms with Crippen molar-refractivity contribution in [2.75, 3.05) is 19.6 Å². The molecule has 1 atom stereocenters. The van der Waals surface area contributed by atoms with Crippen LogP contribution in [0, 0.1) is 0 Å². The summed E-state index contributed by atoms with van der Waals surface area (Å²) in [4.78, 5) is 14.1. The van der Waals surface area contributed by atoms with E-state index >= 15 is 0 Å². The summed E-state index contributed by atoms with van der Waals surface area (Å²) in [6.07, 6.45) is 5.62. The first kappa shape index (κ1) is 11.9. The third kappa shape index (κ3) is 2.74. The Morgan fingerprint density at radius 2 is 2.00 bits per heavy atom. The van der Waals surface area contributed by atoms with Crippen molar-refractivity contribution in [2.45, 2.75) is 50.6 Å². The van der Waals surface area contributed by atoms with Gasteiger partial charge in [0, 0.05) is 12.6 Å². The predicted octanol–water partition coefficient (Wildman–Crippen LogP) is 0.468. The summed E-state index contributed by atoms with van der Waals surface area (Å²) in [7, 11) is 0. The molecule has 92 valence electrons. The molecule has 0 bridgehead atoms. The lowest BCUT2D eigenvalue weighted by atomic mass is 10.1. The fraction of sp³-hybridized carbons (Fsp3) is 0.917. The van der Waals surface area contributed by atoms with Crippen molar-refractivity contribution in [3.63, 3.8) is 0 Å². The van der Waals surface area contributed by atoms with Gasteiger partial charge >= 0.3 is 0 Å². The lowest BCUT2D eigenvalue weighted by molar-refractivity contribution is -0.123. The number of hydrogen-bond acceptors (Lipinski definition) is 3. The van der Waals surface area contributed by atoms with Crippen LogP contribution in [0.3, 0.4) is 0 Å². The van der Waals surface area contributed by atoms with Gasteiger partial charge in [-0.15, -0.1) is 0 Å². The van der Waals surface area contributed by atoms with Gasteiger partial charge in [0.15, 0.2) is 0 Å². The van der Waals surface area contributed by atoms with E-state index in [1.165, 1.54) is 32.4 Å². The topological polar surface area (TPSA) is 58.4 Å². The van der Waals surface area contributed by atoms with Crippen molar-refractivity contribution in [3.05, 3.63) is 0 Å². The van der Waals surface area contributed by atoms with Gasteiger partial charge in [-0.1, -0.05) is 6.42 Å². The standard InChI is InChI=1S/C12H23N3O/c1-10(15-7-3-2-4-8-15)9-14-11(16)12(13)5-6-12/h10H,2-9,13H2,1H3,(H,14,16). The zero-order chi connectivity index (χ0) is 11.6. The van der Waals surface area contributed by atoms with Crippen LogP contribution in [0.4, 0.5) is 0 Å². The Hall–Kier alpha value is -0.610. The number of carbonyl (C=O) groups is 1. The lowest BCUT2D eigenvalue weighted by Gasteiger charge is -2.32. The molecule has 0 aromatic rings. The molecule has 0 radical (unpaired) electrons. The predicted molar refractivity (Wildman–Crippen MR) is 64.0 cm³/mol. The number of nitrogens with zero attached hydrogens (tertiary/aromatic N) is 1. The van der Waals surface area contributed by atoms with E-state index in [1.807, 2.05) is 0 Å². The van der Waals surface area contributed by atoms with E-state index in [0.717, 1.165) is 19.4 Å². The van der Waals surface area contributed by atoms with E-state index in [9.17, 15) is 4.79 Å². The fourth-order valence-electron chi connectivity index (χ4n) is 2.27. The molecule has 2 fully saturated rings. The highest BCUT2D eigenvalue weighted by Gasteiger charge is 2.45. The molecule has 1 aliphatic carbocycles. The van der Waals surface area contributed by atoms with Crippen molar-refractivity contribution in [2.24, 2.45) is 5.73 Å². The Kier molecular flexibility index (Phi) is 3.50. The van der Waals surface area contributed by atoms with E-state index in [4.69, 9.17) is 5.73 Å². The van der Waals surface area contributed by atoms with Crippen molar-refractivity contribution in [1.82, 2.24) is 10.2 Å². The molecule has 3 N–H and O–H groups in total. The van der Waals surface area contributed by atoms with Crippen LogP contribution in [0.15, 0.2) is 0 Å². The highest BCUT2D eigenvalue weighted by atomic mass is 16.2. The fourth-order valence-corrected chi connectivity index (χ4v) is 2.27. The molecule has 2 aliphatic rings. The van der Waals surface area contributed by atoms with Crippen LogP contribution in [-0.4, -0.2) is 42.0 Å². The Morgan fingerprint density at radius 3 is 2.56 bits per heavy atom. The first-order valence-corrected chi connectivity index (χ1v) is 6.43. The van der Waals surface area contributed by atoms with Crippen LogP contribution < -0.4 is 11.1 Å². The smallest absolute Gasteiger partial charge is 0.240 e. The van der Waals surface area contributed by atoms with E-state index in [0.29, 0.717) is 6.04 Å². The van der Waals surface area contributed by atoms with Crippen LogP contribution in [0.5, 0.6) is 0 Å². The number of nitrogens with two attached hydrogens (primary N) is 1. The average Bonchev–Trinajstić information content (AvgIpc) is 3.06. The molecule has 1 saturated carbocycles. The molecule has 16 heavy (non-hydrogen) atoms. The minimum atomic E-state index is -0.526. The third-order valence-electron chi connectivity index (χ3n) is 3.81. The summed E-state index contributed by atoms with van der Waals surface area (Å²) in [5.74, 6) is 0.0383. The maximum Gasteiger partial charge on any atom is 0.240 e. The highest BCUT2D eigenvalue weighted by molar-refractivity contribution is 5.88. The van der Waals surface area contributed by atoms with Crippen LogP contribution in [0.1, 0.15) is 39.0 Å². The Bertz CT molecular complexity index is 257. The molecule has 4 heteroatoms. The number of carbonyl (C=O) groups excluding carboxylic acids is 1. The van der Waals surface area contributed by atoms with Gasteiger partial charge < -0.3 is 11.1 Å². The summed E-state index contributed by atoms with van der Waals surface area (Å²) in [6, 6.07) is 0.437. The van der Waals surface area contributed by atoms with E-state index in [2.05, 4.69) is 17.1 Å². The third-order valence-corrected chi connectivity index (χ3v) is 3.81. The van der Waals surface area contributed by atoms with Crippen LogP contribution in [0.2, 0.25) is 0 Å². The van der Waals surface area contributed by atoms with Gasteiger partial charge in [0.1, 0.15) is 0 Å². The number of likely N-dealkylation sites (tertiary alicyclic amines) is 1. The first-order valence-electron chi connectivity index (χ1n) is 6.43. The van der Waals surface area contributed by atoms with Gasteiger partial charge in [0.25, 0.3) is 0 Å². The molecule has 0 aromatic carbocycles. The Labute approximate surface area is 97.6 Å². The number of amides is 1. The molecule has 1 heterocycles. The van der Waals surface area contributed by atoms with Gasteiger partial charge in [-0.2, -0.15) is 0 Å². The van der Waals surface area contributed by atoms with E-state index < -0.39 is 5.54 Å². The zero-order valence-corrected chi connectivity index (χ0v) is 10.2. The maximum absolute atomic E-state index is 11.7. The number of hydrogen-bond donors (Lipinski definition) is 2. The second kappa shape index (κ2) is 4.72. The van der Waals surface area contributed by atoms with Crippen LogP contribution in [-0.2, 0) is 4.79 Å². The summed E-state index contributed by atoms with van der Waals surface area (Å²) >= 11 is 0. The zero-order valence-electron chi connectivity index (χ0n) is 10.2. The van der Waals surface area contributed by atoms with Gasteiger partial charge in [0.2, 0.25) is 5.91 Å². The second-order valence-electron chi connectivity index (χ2n) is 5.31. The SMILES string of the molecule is CC(CNC(=O)C1(N)CC1)N1CCCCC1. The molecular formula is C12H23N3O. The molecule has 4 nitrogen and oxygen atoms in total. The average molecular weight is 225 g/mol. The lowest BCUT2D eigenvalue weighted by Crippen LogP contribution is -2.49. The molecule has 0 spiro atoms. The quantitative estimate of drug-likeness (QED) is 0.731. The Morgan fingerprint density at radius 1 is 1.38 bits per heavy atom. The van der Waals surface area contributed by atoms with Gasteiger partial charge in [0.05, 0.1) is 5.54 Å². The summed E-state index contributed by atoms with van der Waals surface area (Å²) < 4.78 is 0. The summed E-state index contributed by atoms with van der Waals surface area (Å²) in [6.45, 7) is 5.26. The normalized spacial score (nSPS) is 26.1. The molecule has 1 aliphatic heterocycles. The monoisotopic (exact) mass is 225 g/mol. The van der Waals surface area contributed by atoms with E-state index in [-0.39, 0.29) is 5.91 Å². The van der Waals surface area contributed by atoms with Crippen LogP contribution >= 0.6 is 0 Å². The largest absolute Gasteiger partial charge is 0.353 e. The number of rotatable bonds is 4. The van der Waals surface area contributed by atoms with Crippen molar-refractivity contribution >= 4 is 5.91 Å².